The number of ether oxygens (including phenoxy) is 2. The lowest BCUT2D eigenvalue weighted by Crippen LogP contribution is -2.38. The smallest absolute Gasteiger partial charge is 0.410 e. The Hall–Kier alpha value is -2.63. The Balaban J connectivity index is 1.96. The predicted octanol–water partition coefficient (Wildman–Crippen LogP) is 3.31. The number of halogens is 1. The average molecular weight is 526 g/mol. The van der Waals surface area contributed by atoms with Crippen molar-refractivity contribution < 1.29 is 24.5 Å². The summed E-state index contributed by atoms with van der Waals surface area (Å²) in [7, 11) is 0. The van der Waals surface area contributed by atoms with E-state index in [2.05, 4.69) is 31.2 Å². The summed E-state index contributed by atoms with van der Waals surface area (Å²) in [6.45, 7) is 6.55. The summed E-state index contributed by atoms with van der Waals surface area (Å²) < 4.78 is 11.8. The van der Waals surface area contributed by atoms with Crippen molar-refractivity contribution in [2.24, 2.45) is 0 Å². The Morgan fingerprint density at radius 3 is 2.67 bits per heavy atom. The van der Waals surface area contributed by atoms with E-state index in [1.165, 1.54) is 6.20 Å². The molecule has 0 aliphatic heterocycles. The zero-order valence-corrected chi connectivity index (χ0v) is 20.7. The number of nitrogens with one attached hydrogen (secondary N) is 1. The third-order valence-corrected chi connectivity index (χ3v) is 4.69. The number of rotatable bonds is 11. The maximum atomic E-state index is 12.4. The lowest BCUT2D eigenvalue weighted by Gasteiger charge is -2.27. The van der Waals surface area contributed by atoms with E-state index in [1.54, 1.807) is 23.1 Å². The van der Waals surface area contributed by atoms with E-state index in [0.29, 0.717) is 48.6 Å². The number of nitrogen functional groups attached to an aromatic ring is 1. The van der Waals surface area contributed by atoms with Gasteiger partial charge in [0.25, 0.3) is 0 Å². The van der Waals surface area contributed by atoms with Crippen molar-refractivity contribution in [2.45, 2.75) is 45.4 Å². The summed E-state index contributed by atoms with van der Waals surface area (Å²) in [4.78, 5) is 22.1. The van der Waals surface area contributed by atoms with Crippen LogP contribution in [0.3, 0.4) is 0 Å². The molecule has 0 bridgehead atoms. The number of aliphatic hydroxyl groups is 2. The first-order chi connectivity index (χ1) is 15.6. The largest absolute Gasteiger partial charge is 0.491 e. The van der Waals surface area contributed by atoms with Crippen molar-refractivity contribution >= 4 is 33.5 Å². The number of hydrogen-bond donors (Lipinski definition) is 4. The number of amides is 1. The first-order valence-corrected chi connectivity index (χ1v) is 11.4. The molecule has 2 aromatic rings. The van der Waals surface area contributed by atoms with Crippen molar-refractivity contribution in [3.63, 3.8) is 0 Å². The maximum absolute atomic E-state index is 12.4. The summed E-state index contributed by atoms with van der Waals surface area (Å²) >= 11 is 3.22. The van der Waals surface area contributed by atoms with Gasteiger partial charge in [0, 0.05) is 19.7 Å². The standard InChI is InChI=1S/C22H32BrN5O5/c1-22(2,3)33-21(31)28(10-6-12-29)11-7-13-32-16-9-5-4-8-15(16)26-20(30)18-19(24)25-14-17(23)27-18/h4-5,8-9,14,20,26,29-30H,6-7,10-13H2,1-3H3,(H2,24,25). The minimum absolute atomic E-state index is 0.00987. The predicted molar refractivity (Wildman–Crippen MR) is 129 cm³/mol. The second-order valence-electron chi connectivity index (χ2n) is 8.25. The third kappa shape index (κ3) is 9.03. The van der Waals surface area contributed by atoms with E-state index in [9.17, 15) is 9.90 Å². The normalized spacial score (nSPS) is 12.2. The SMILES string of the molecule is CC(C)(C)OC(=O)N(CCCO)CCCOc1ccccc1NC(O)c1nc(Br)cnc1N. The number of carbonyl (C=O) groups is 1. The van der Waals surface area contributed by atoms with Gasteiger partial charge in [0.15, 0.2) is 6.23 Å². The van der Waals surface area contributed by atoms with E-state index in [1.807, 2.05) is 26.8 Å². The maximum Gasteiger partial charge on any atom is 0.410 e. The molecule has 0 saturated heterocycles. The van der Waals surface area contributed by atoms with Gasteiger partial charge in [0.05, 0.1) is 18.5 Å². The van der Waals surface area contributed by atoms with Gasteiger partial charge < -0.3 is 35.6 Å². The molecule has 0 spiro atoms. The molecule has 0 aliphatic carbocycles. The van der Waals surface area contributed by atoms with Crippen LogP contribution in [-0.2, 0) is 4.74 Å². The van der Waals surface area contributed by atoms with Gasteiger partial charge in [-0.25, -0.2) is 14.8 Å². The minimum atomic E-state index is -1.19. The van der Waals surface area contributed by atoms with Crippen molar-refractivity contribution in [3.8, 4) is 5.75 Å². The number of para-hydroxylation sites is 2. The lowest BCUT2D eigenvalue weighted by molar-refractivity contribution is 0.0232. The molecule has 2 rings (SSSR count). The molecule has 11 heteroatoms. The molecule has 1 aromatic carbocycles. The molecule has 0 aliphatic rings. The molecule has 1 amide bonds. The topological polar surface area (TPSA) is 143 Å². The first-order valence-electron chi connectivity index (χ1n) is 10.6. The number of benzene rings is 1. The summed E-state index contributed by atoms with van der Waals surface area (Å²) in [6, 6.07) is 7.14. The second kappa shape index (κ2) is 12.6. The van der Waals surface area contributed by atoms with Crippen LogP contribution in [0.15, 0.2) is 35.1 Å². The van der Waals surface area contributed by atoms with Crippen LogP contribution < -0.4 is 15.8 Å². The highest BCUT2D eigenvalue weighted by atomic mass is 79.9. The zero-order valence-electron chi connectivity index (χ0n) is 19.1. The number of carbonyl (C=O) groups excluding carboxylic acids is 1. The van der Waals surface area contributed by atoms with Crippen molar-refractivity contribution in [3.05, 3.63) is 40.8 Å². The quantitative estimate of drug-likeness (QED) is 0.256. The fourth-order valence-corrected chi connectivity index (χ4v) is 3.13. The van der Waals surface area contributed by atoms with Crippen LogP contribution >= 0.6 is 15.9 Å². The monoisotopic (exact) mass is 525 g/mol. The molecule has 0 saturated carbocycles. The molecule has 1 aromatic heterocycles. The number of anilines is 2. The summed E-state index contributed by atoms with van der Waals surface area (Å²) in [5, 5.41) is 22.6. The number of nitrogens with zero attached hydrogens (tertiary/aromatic N) is 3. The molecule has 10 nitrogen and oxygen atoms in total. The van der Waals surface area contributed by atoms with Gasteiger partial charge in [-0.05, 0) is 61.7 Å². The van der Waals surface area contributed by atoms with Crippen LogP contribution in [0.5, 0.6) is 5.75 Å². The Morgan fingerprint density at radius 2 is 1.97 bits per heavy atom. The molecule has 1 heterocycles. The minimum Gasteiger partial charge on any atom is -0.491 e. The summed E-state index contributed by atoms with van der Waals surface area (Å²) in [5.41, 5.74) is 5.97. The first kappa shape index (κ1) is 26.6. The number of aromatic nitrogens is 2. The zero-order chi connectivity index (χ0) is 24.4. The van der Waals surface area contributed by atoms with Gasteiger partial charge >= 0.3 is 6.09 Å². The molecule has 33 heavy (non-hydrogen) atoms. The van der Waals surface area contributed by atoms with Gasteiger partial charge in [-0.3, -0.25) is 0 Å². The highest BCUT2D eigenvalue weighted by molar-refractivity contribution is 9.10. The number of aliphatic hydroxyl groups excluding tert-OH is 2. The van der Waals surface area contributed by atoms with Crippen LogP contribution in [0, 0.1) is 0 Å². The molecule has 182 valence electrons. The van der Waals surface area contributed by atoms with Gasteiger partial charge in [-0.1, -0.05) is 12.1 Å². The van der Waals surface area contributed by atoms with E-state index >= 15 is 0 Å². The highest BCUT2D eigenvalue weighted by Crippen LogP contribution is 2.28. The Labute approximate surface area is 202 Å². The van der Waals surface area contributed by atoms with Gasteiger partial charge in [-0.2, -0.15) is 0 Å². The van der Waals surface area contributed by atoms with E-state index in [4.69, 9.17) is 20.3 Å². The molecular weight excluding hydrogens is 494 g/mol. The van der Waals surface area contributed by atoms with Crippen molar-refractivity contribution in [1.29, 1.82) is 0 Å². The molecule has 0 fully saturated rings. The fourth-order valence-electron chi connectivity index (χ4n) is 2.84. The van der Waals surface area contributed by atoms with E-state index in [0.717, 1.165) is 0 Å². The van der Waals surface area contributed by atoms with Crippen LogP contribution in [0.2, 0.25) is 0 Å². The third-order valence-electron chi connectivity index (χ3n) is 4.31. The summed E-state index contributed by atoms with van der Waals surface area (Å²) in [6.07, 6.45) is 0.844. The highest BCUT2D eigenvalue weighted by Gasteiger charge is 2.22. The van der Waals surface area contributed by atoms with Gasteiger partial charge in [0.1, 0.15) is 27.5 Å². The van der Waals surface area contributed by atoms with Crippen LogP contribution in [-0.4, -0.2) is 63.1 Å². The van der Waals surface area contributed by atoms with Gasteiger partial charge in [-0.15, -0.1) is 0 Å². The van der Waals surface area contributed by atoms with Crippen molar-refractivity contribution in [1.82, 2.24) is 14.9 Å². The van der Waals surface area contributed by atoms with Crippen LogP contribution in [0.25, 0.3) is 0 Å². The Bertz CT molecular complexity index is 909. The van der Waals surface area contributed by atoms with Crippen LogP contribution in [0.1, 0.15) is 45.5 Å². The number of nitrogens with two attached hydrogens (primary N) is 1. The van der Waals surface area contributed by atoms with Crippen molar-refractivity contribution in [2.75, 3.05) is 37.4 Å². The van der Waals surface area contributed by atoms with Crippen LogP contribution in [0.4, 0.5) is 16.3 Å². The fraction of sp³-hybridized carbons (Fsp3) is 0.500. The summed E-state index contributed by atoms with van der Waals surface area (Å²) in [5.74, 6) is 0.638. The molecular formula is C22H32BrN5O5. The Kier molecular flexibility index (Phi) is 10.1. The van der Waals surface area contributed by atoms with E-state index < -0.39 is 17.9 Å². The van der Waals surface area contributed by atoms with Gasteiger partial charge in [0.2, 0.25) is 0 Å². The second-order valence-corrected chi connectivity index (χ2v) is 9.07. The number of hydrogen-bond acceptors (Lipinski definition) is 9. The average Bonchev–Trinajstić information content (AvgIpc) is 2.74. The molecule has 1 atom stereocenters. The lowest BCUT2D eigenvalue weighted by atomic mass is 10.2. The molecule has 1 unspecified atom stereocenters. The van der Waals surface area contributed by atoms with E-state index in [-0.39, 0.29) is 18.1 Å². The Morgan fingerprint density at radius 1 is 1.27 bits per heavy atom. The molecule has 0 radical (unpaired) electrons. The molecule has 5 N–H and O–H groups in total.